The number of halogens is 3. The first kappa shape index (κ1) is 14.1. The molecule has 1 heterocycles. The molecular weight excluding hydrogens is 275 g/mol. The number of thioether (sulfide) groups is 1. The molecule has 0 N–H and O–H groups in total. The van der Waals surface area contributed by atoms with Gasteiger partial charge in [0.05, 0.1) is 18.1 Å². The summed E-state index contributed by atoms with van der Waals surface area (Å²) in [5.74, 6) is 0.484. The van der Waals surface area contributed by atoms with Crippen molar-refractivity contribution in [2.24, 2.45) is 0 Å². The van der Waals surface area contributed by atoms with E-state index in [-0.39, 0.29) is 23.9 Å². The zero-order chi connectivity index (χ0) is 13.9. The van der Waals surface area contributed by atoms with E-state index >= 15 is 0 Å². The minimum Gasteiger partial charge on any atom is -0.493 e. The average Bonchev–Trinajstić information content (AvgIpc) is 2.37. The summed E-state index contributed by atoms with van der Waals surface area (Å²) in [6.07, 6.45) is 0.604. The van der Waals surface area contributed by atoms with Crippen molar-refractivity contribution in [2.45, 2.75) is 23.8 Å². The lowest BCUT2D eigenvalue weighted by Crippen LogP contribution is -2.32. The summed E-state index contributed by atoms with van der Waals surface area (Å²) in [6.45, 7) is 0.362. The summed E-state index contributed by atoms with van der Waals surface area (Å²) < 4.78 is 42.0. The van der Waals surface area contributed by atoms with Crippen molar-refractivity contribution in [3.8, 4) is 11.8 Å². The van der Waals surface area contributed by atoms with Gasteiger partial charge in [-0.3, -0.25) is 0 Å². The van der Waals surface area contributed by atoms with E-state index in [1.54, 1.807) is 24.3 Å². The van der Waals surface area contributed by atoms with Crippen LogP contribution < -0.4 is 4.74 Å². The maximum absolute atomic E-state index is 12.2. The largest absolute Gasteiger partial charge is 0.493 e. The number of nitriles is 1. The molecule has 19 heavy (non-hydrogen) atoms. The van der Waals surface area contributed by atoms with Crippen molar-refractivity contribution in [3.63, 3.8) is 0 Å². The van der Waals surface area contributed by atoms with E-state index < -0.39 is 10.9 Å². The number of ether oxygens (including phenoxy) is 1. The summed E-state index contributed by atoms with van der Waals surface area (Å²) in [6, 6.07) is 9.27. The molecule has 1 atom stereocenters. The highest BCUT2D eigenvalue weighted by Crippen LogP contribution is 2.42. The van der Waals surface area contributed by atoms with E-state index in [1.165, 1.54) is 0 Å². The highest BCUT2D eigenvalue weighted by molar-refractivity contribution is 8.00. The summed E-state index contributed by atoms with van der Waals surface area (Å²) in [7, 11) is 0. The van der Waals surface area contributed by atoms with Gasteiger partial charge in [-0.2, -0.15) is 18.4 Å². The van der Waals surface area contributed by atoms with Crippen LogP contribution in [0.25, 0.3) is 0 Å². The summed E-state index contributed by atoms with van der Waals surface area (Å²) in [5, 5.41) is 9.42. The number of rotatable bonds is 3. The zero-order valence-corrected chi connectivity index (χ0v) is 10.9. The van der Waals surface area contributed by atoms with Gasteiger partial charge in [-0.05, 0) is 12.5 Å². The highest BCUT2D eigenvalue weighted by atomic mass is 32.2. The van der Waals surface area contributed by atoms with Gasteiger partial charge in [0.15, 0.2) is 0 Å². The number of alkyl halides is 3. The smallest absolute Gasteiger partial charge is 0.441 e. The molecule has 0 saturated carbocycles. The van der Waals surface area contributed by atoms with E-state index in [1.807, 2.05) is 0 Å². The molecule has 0 saturated heterocycles. The monoisotopic (exact) mass is 287 g/mol. The minimum absolute atomic E-state index is 0.0761. The Kier molecular flexibility index (Phi) is 3.95. The molecule has 0 aliphatic carbocycles. The number of hydrogen-bond donors (Lipinski definition) is 0. The Morgan fingerprint density at radius 1 is 1.37 bits per heavy atom. The molecule has 2 nitrogen and oxygen atoms in total. The number of nitrogens with zero attached hydrogens (tertiary/aromatic N) is 1. The number of fused-ring (bicyclic) bond motifs is 1. The van der Waals surface area contributed by atoms with Crippen molar-refractivity contribution >= 4 is 11.8 Å². The van der Waals surface area contributed by atoms with Gasteiger partial charge in [-0.25, -0.2) is 0 Å². The highest BCUT2D eigenvalue weighted by Gasteiger charge is 2.39. The van der Waals surface area contributed by atoms with Crippen molar-refractivity contribution in [2.75, 3.05) is 12.4 Å². The van der Waals surface area contributed by atoms with Gasteiger partial charge < -0.3 is 4.74 Å². The Labute approximate surface area is 113 Å². The maximum atomic E-state index is 12.2. The van der Waals surface area contributed by atoms with Crippen molar-refractivity contribution in [3.05, 3.63) is 29.8 Å². The van der Waals surface area contributed by atoms with Gasteiger partial charge in [0.1, 0.15) is 5.75 Å². The number of hydrogen-bond acceptors (Lipinski definition) is 3. The SMILES string of the molecule is N#CC1(CCSC(F)(F)F)CCOc2ccccc21. The third kappa shape index (κ3) is 3.16. The van der Waals surface area contributed by atoms with E-state index in [9.17, 15) is 18.4 Å². The van der Waals surface area contributed by atoms with Crippen LogP contribution in [-0.2, 0) is 5.41 Å². The molecule has 1 aromatic carbocycles. The van der Waals surface area contributed by atoms with Crippen LogP contribution in [0.15, 0.2) is 24.3 Å². The third-order valence-electron chi connectivity index (χ3n) is 3.20. The van der Waals surface area contributed by atoms with E-state index in [0.29, 0.717) is 24.3 Å². The molecule has 102 valence electrons. The van der Waals surface area contributed by atoms with Gasteiger partial charge in [0.25, 0.3) is 0 Å². The molecule has 0 amide bonds. The molecule has 0 fully saturated rings. The Balaban J connectivity index is 2.18. The quantitative estimate of drug-likeness (QED) is 0.846. The summed E-state index contributed by atoms with van der Waals surface area (Å²) in [5.41, 5.74) is -4.42. The van der Waals surface area contributed by atoms with Gasteiger partial charge in [-0.15, -0.1) is 0 Å². The Hall–Kier alpha value is -1.35. The van der Waals surface area contributed by atoms with Crippen LogP contribution in [0.1, 0.15) is 18.4 Å². The molecule has 2 rings (SSSR count). The predicted molar refractivity (Wildman–Crippen MR) is 67.0 cm³/mol. The standard InChI is InChI=1S/C13H12F3NOS/c14-13(15,16)19-8-6-12(9-17)5-7-18-11-4-2-1-3-10(11)12/h1-4H,5-8H2. The topological polar surface area (TPSA) is 33.0 Å². The van der Waals surface area contributed by atoms with Crippen molar-refractivity contribution in [1.82, 2.24) is 0 Å². The molecule has 0 radical (unpaired) electrons. The first-order valence-corrected chi connectivity index (χ1v) is 6.80. The average molecular weight is 287 g/mol. The van der Waals surface area contributed by atoms with Gasteiger partial charge in [0.2, 0.25) is 0 Å². The third-order valence-corrected chi connectivity index (χ3v) is 3.93. The molecular formula is C13H12F3NOS. The Morgan fingerprint density at radius 2 is 2.11 bits per heavy atom. The first-order chi connectivity index (χ1) is 8.97. The van der Waals surface area contributed by atoms with Crippen LogP contribution in [-0.4, -0.2) is 17.9 Å². The molecule has 1 unspecified atom stereocenters. The fourth-order valence-corrected chi connectivity index (χ4v) is 2.91. The minimum atomic E-state index is -4.25. The van der Waals surface area contributed by atoms with Crippen molar-refractivity contribution in [1.29, 1.82) is 5.26 Å². The second kappa shape index (κ2) is 5.33. The number of para-hydroxylation sites is 1. The lowest BCUT2D eigenvalue weighted by molar-refractivity contribution is -0.0328. The van der Waals surface area contributed by atoms with E-state index in [4.69, 9.17) is 4.74 Å². The maximum Gasteiger partial charge on any atom is 0.441 e. The van der Waals surface area contributed by atoms with E-state index in [2.05, 4.69) is 6.07 Å². The normalized spacial score (nSPS) is 22.2. The molecule has 1 aliphatic heterocycles. The van der Waals surface area contributed by atoms with Crippen LogP contribution in [0.5, 0.6) is 5.75 Å². The van der Waals surface area contributed by atoms with Gasteiger partial charge in [0, 0.05) is 17.7 Å². The van der Waals surface area contributed by atoms with Crippen LogP contribution >= 0.6 is 11.8 Å². The molecule has 0 aromatic heterocycles. The fourth-order valence-electron chi connectivity index (χ4n) is 2.23. The van der Waals surface area contributed by atoms with Crippen LogP contribution in [0.4, 0.5) is 13.2 Å². The molecule has 0 bridgehead atoms. The predicted octanol–water partition coefficient (Wildman–Crippen LogP) is 3.87. The lowest BCUT2D eigenvalue weighted by atomic mass is 9.75. The van der Waals surface area contributed by atoms with Gasteiger partial charge in [-0.1, -0.05) is 30.0 Å². The summed E-state index contributed by atoms with van der Waals surface area (Å²) >= 11 is -0.0761. The first-order valence-electron chi connectivity index (χ1n) is 5.81. The number of benzene rings is 1. The van der Waals surface area contributed by atoms with Crippen LogP contribution in [0.3, 0.4) is 0 Å². The fraction of sp³-hybridized carbons (Fsp3) is 0.462. The van der Waals surface area contributed by atoms with Crippen molar-refractivity contribution < 1.29 is 17.9 Å². The zero-order valence-electron chi connectivity index (χ0n) is 10.0. The van der Waals surface area contributed by atoms with Crippen LogP contribution in [0, 0.1) is 11.3 Å². The van der Waals surface area contributed by atoms with Gasteiger partial charge >= 0.3 is 5.51 Å². The lowest BCUT2D eigenvalue weighted by Gasteiger charge is -2.33. The molecule has 1 aromatic rings. The summed E-state index contributed by atoms with van der Waals surface area (Å²) in [4.78, 5) is 0. The second-order valence-corrected chi connectivity index (χ2v) is 5.49. The molecule has 0 spiro atoms. The second-order valence-electron chi connectivity index (χ2n) is 4.33. The molecule has 6 heteroatoms. The van der Waals surface area contributed by atoms with Crippen LogP contribution in [0.2, 0.25) is 0 Å². The Morgan fingerprint density at radius 3 is 2.79 bits per heavy atom. The van der Waals surface area contributed by atoms with E-state index in [0.717, 1.165) is 0 Å². The Bertz CT molecular complexity index is 497. The molecule has 1 aliphatic rings.